The lowest BCUT2D eigenvalue weighted by atomic mass is 9.77. The monoisotopic (exact) mass is 539 g/mol. The van der Waals surface area contributed by atoms with Gasteiger partial charge in [0, 0.05) is 43.8 Å². The summed E-state index contributed by atoms with van der Waals surface area (Å²) in [6.45, 7) is 0.0534. The molecule has 0 bridgehead atoms. The summed E-state index contributed by atoms with van der Waals surface area (Å²) in [5.74, 6) is -1.20. The zero-order chi connectivity index (χ0) is 28.7. The van der Waals surface area contributed by atoms with Crippen molar-refractivity contribution in [2.24, 2.45) is 0 Å². The molecule has 0 aromatic heterocycles. The van der Waals surface area contributed by atoms with Crippen LogP contribution in [0.5, 0.6) is 23.0 Å². The number of nitrogens with one attached hydrogen (secondary N) is 1. The van der Waals surface area contributed by atoms with Crippen LogP contribution in [-0.2, 0) is 28.1 Å². The van der Waals surface area contributed by atoms with Crippen molar-refractivity contribution in [3.63, 3.8) is 0 Å². The molecule has 2 heterocycles. The number of aliphatic carboxylic acids is 1. The van der Waals surface area contributed by atoms with Crippen molar-refractivity contribution >= 4 is 11.9 Å². The third kappa shape index (κ3) is 4.21. The maximum Gasteiger partial charge on any atom is 0.340 e. The molecule has 4 N–H and O–H groups in total. The summed E-state index contributed by atoms with van der Waals surface area (Å²) in [5, 5.41) is 31.6. The summed E-state index contributed by atoms with van der Waals surface area (Å²) in [6, 6.07) is 22.6. The summed E-state index contributed by atoms with van der Waals surface area (Å²) in [4.78, 5) is 25.7. The predicted octanol–water partition coefficient (Wildman–Crippen LogP) is 4.30. The van der Waals surface area contributed by atoms with Gasteiger partial charge < -0.3 is 24.8 Å². The van der Waals surface area contributed by atoms with Gasteiger partial charge in [-0.25, -0.2) is 15.2 Å². The molecule has 1 atom stereocenters. The highest BCUT2D eigenvalue weighted by Crippen LogP contribution is 2.57. The Balaban J connectivity index is 1.40. The minimum absolute atomic E-state index is 0.0403. The first-order chi connectivity index (χ1) is 19.8. The van der Waals surface area contributed by atoms with Gasteiger partial charge in [-0.1, -0.05) is 48.5 Å². The van der Waals surface area contributed by atoms with Gasteiger partial charge in [0.05, 0.1) is 5.56 Å². The predicted molar refractivity (Wildman–Crippen MR) is 144 cm³/mol. The van der Waals surface area contributed by atoms with Gasteiger partial charge >= 0.3 is 11.9 Å². The number of nitrogens with zero attached hydrogens (tertiary/aromatic N) is 1. The minimum Gasteiger partial charge on any atom is -0.508 e. The Morgan fingerprint density at radius 2 is 1.62 bits per heavy atom. The van der Waals surface area contributed by atoms with E-state index in [9.17, 15) is 24.9 Å². The Bertz CT molecular complexity index is 1610. The average molecular weight is 540 g/mol. The second kappa shape index (κ2) is 9.71. The molecule has 2 aliphatic heterocycles. The molecule has 2 aliphatic rings. The highest BCUT2D eigenvalue weighted by molar-refractivity contribution is 5.98. The fraction of sp³-hybridized carbons (Fsp3) is 0.161. The molecule has 0 aliphatic carbocycles. The van der Waals surface area contributed by atoms with E-state index in [1.54, 1.807) is 30.3 Å². The number of aromatic hydroxyl groups is 2. The number of carbonyl (C=O) groups excluding carboxylic acids is 1. The second-order valence-corrected chi connectivity index (χ2v) is 9.78. The summed E-state index contributed by atoms with van der Waals surface area (Å²) in [7, 11) is -0.277. The molecule has 0 saturated heterocycles. The summed E-state index contributed by atoms with van der Waals surface area (Å²) in [6.07, 6.45) is 0.206. The Morgan fingerprint density at radius 1 is 0.950 bits per heavy atom. The lowest BCUT2D eigenvalue weighted by Crippen LogP contribution is -2.47. The lowest BCUT2D eigenvalue weighted by Gasteiger charge is -2.36. The van der Waals surface area contributed by atoms with Crippen molar-refractivity contribution in [1.29, 1.82) is 0 Å². The van der Waals surface area contributed by atoms with E-state index in [0.717, 1.165) is 5.56 Å². The number of phenolic OH excluding ortho intramolecular Hbond substituents is 2. The molecule has 4 aromatic carbocycles. The number of phenols is 2. The summed E-state index contributed by atoms with van der Waals surface area (Å²) < 4.78 is 20.3. The van der Waals surface area contributed by atoms with Crippen molar-refractivity contribution in [2.75, 3.05) is 7.02 Å². The fourth-order valence-electron chi connectivity index (χ4n) is 5.46. The molecule has 9 nitrogen and oxygen atoms in total. The largest absolute Gasteiger partial charge is 0.508 e. The van der Waals surface area contributed by atoms with E-state index in [2.05, 4.69) is 5.43 Å². The first-order valence-corrected chi connectivity index (χ1v) is 12.6. The van der Waals surface area contributed by atoms with E-state index in [4.69, 9.17) is 10.8 Å². The molecule has 0 unspecified atom stereocenters. The van der Waals surface area contributed by atoms with Gasteiger partial charge in [-0.15, -0.1) is 0 Å². The van der Waals surface area contributed by atoms with Crippen LogP contribution < -0.4 is 10.2 Å². The summed E-state index contributed by atoms with van der Waals surface area (Å²) >= 11 is 0. The number of carboxylic acid groups (broad SMARTS) is 1. The Kier molecular flexibility index (Phi) is 5.87. The van der Waals surface area contributed by atoms with Gasteiger partial charge in [0.15, 0.2) is 5.60 Å². The number of rotatable bonds is 7. The third-order valence-corrected chi connectivity index (χ3v) is 7.17. The third-order valence-electron chi connectivity index (χ3n) is 7.17. The lowest BCUT2D eigenvalue weighted by molar-refractivity contribution is -0.141. The van der Waals surface area contributed by atoms with E-state index in [1.165, 1.54) is 29.3 Å². The maximum absolute atomic E-state index is 13.6. The average Bonchev–Trinajstić information content (AvgIpc) is 3.25. The van der Waals surface area contributed by atoms with Crippen LogP contribution in [0.4, 0.5) is 0 Å². The Hall–Kier alpha value is -4.86. The zero-order valence-electron chi connectivity index (χ0n) is 22.2. The minimum atomic E-state index is -1.41. The van der Waals surface area contributed by atoms with Gasteiger partial charge in [0.25, 0.3) is 0 Å². The molecular weight excluding hydrogens is 512 g/mol. The van der Waals surface area contributed by atoms with Crippen molar-refractivity contribution in [2.45, 2.75) is 24.6 Å². The van der Waals surface area contributed by atoms with E-state index >= 15 is 0 Å². The van der Waals surface area contributed by atoms with Gasteiger partial charge in [0.1, 0.15) is 29.0 Å². The first-order valence-electron chi connectivity index (χ1n) is 13.3. The van der Waals surface area contributed by atoms with E-state index in [-0.39, 0.29) is 43.0 Å². The van der Waals surface area contributed by atoms with Crippen molar-refractivity contribution < 1.29 is 35.8 Å². The molecule has 0 amide bonds. The smallest absolute Gasteiger partial charge is 0.340 e. The first kappa shape index (κ1) is 24.2. The number of carboxylic acids is 1. The Labute approximate surface area is 231 Å². The molecule has 202 valence electrons. The van der Waals surface area contributed by atoms with Crippen LogP contribution in [0.25, 0.3) is 0 Å². The van der Waals surface area contributed by atoms with Crippen molar-refractivity contribution in [3.8, 4) is 23.0 Å². The number of esters is 1. The maximum atomic E-state index is 13.6. The normalized spacial score (nSPS) is 15.4. The van der Waals surface area contributed by atoms with Crippen LogP contribution >= 0.6 is 0 Å². The van der Waals surface area contributed by atoms with Crippen LogP contribution in [0.2, 0.25) is 0 Å². The molecule has 9 heteroatoms. The molecule has 1 spiro atoms. The van der Waals surface area contributed by atoms with Crippen LogP contribution in [-0.4, -0.2) is 45.3 Å². The molecule has 0 saturated carbocycles. The second-order valence-electron chi connectivity index (χ2n) is 9.78. The standard InChI is InChI=1S/C31H26N2O7/c1-33(32-25(29(36)37)14-18-6-3-2-4-7-18)17-19-8-5-9-24-28(19)30(38)40-31(24)22-12-10-20(34)15-26(22)39-27-16-21(35)11-13-23(27)31/h2-13,15-16,25,32,34-35H,14,17H2,1H3,(H,36,37)/t25-/m0/s1/i1D. The molecule has 40 heavy (non-hydrogen) atoms. The fourth-order valence-corrected chi connectivity index (χ4v) is 5.46. The number of carbonyl (C=O) groups is 2. The van der Waals surface area contributed by atoms with Crippen molar-refractivity contribution in [3.05, 3.63) is 118 Å². The zero-order valence-corrected chi connectivity index (χ0v) is 21.2. The summed E-state index contributed by atoms with van der Waals surface area (Å²) in [5.41, 5.74) is 4.73. The van der Waals surface area contributed by atoms with Crippen LogP contribution in [0, 0.1) is 0 Å². The van der Waals surface area contributed by atoms with Gasteiger partial charge in [-0.05, 0) is 41.8 Å². The van der Waals surface area contributed by atoms with E-state index < -0.39 is 23.6 Å². The SMILES string of the molecule is [2H]CN(Cc1cccc2c1C(=O)OC21c2ccc(O)cc2Oc2cc(O)ccc21)N[C@@H](Cc1ccccc1)C(=O)O. The quantitative estimate of drug-likeness (QED) is 0.201. The van der Waals surface area contributed by atoms with Crippen LogP contribution in [0.3, 0.4) is 0 Å². The molecule has 4 aromatic rings. The van der Waals surface area contributed by atoms with Gasteiger partial charge in [-0.3, -0.25) is 4.79 Å². The topological polar surface area (TPSA) is 129 Å². The number of benzene rings is 4. The van der Waals surface area contributed by atoms with Gasteiger partial charge in [0.2, 0.25) is 0 Å². The number of hydrogen-bond donors (Lipinski definition) is 4. The molecular formula is C31H26N2O7. The molecule has 6 rings (SSSR count). The number of hydrogen-bond acceptors (Lipinski definition) is 8. The Morgan fingerprint density at radius 3 is 2.25 bits per heavy atom. The van der Waals surface area contributed by atoms with Crippen LogP contribution in [0.15, 0.2) is 84.9 Å². The van der Waals surface area contributed by atoms with E-state index in [0.29, 0.717) is 27.8 Å². The van der Waals surface area contributed by atoms with Crippen molar-refractivity contribution in [1.82, 2.24) is 10.4 Å². The highest BCUT2D eigenvalue weighted by Gasteiger charge is 2.54. The number of ether oxygens (including phenoxy) is 2. The molecule has 0 fully saturated rings. The number of hydrazine groups is 1. The van der Waals surface area contributed by atoms with Crippen LogP contribution in [0.1, 0.15) is 39.5 Å². The highest BCUT2D eigenvalue weighted by atomic mass is 16.6. The number of fused-ring (bicyclic) bond motifs is 6. The van der Waals surface area contributed by atoms with Gasteiger partial charge in [-0.2, -0.15) is 0 Å². The van der Waals surface area contributed by atoms with E-state index in [1.807, 2.05) is 30.3 Å². The molecule has 0 radical (unpaired) electrons.